The molecule has 1 aliphatic heterocycles. The number of aromatic nitrogens is 2. The molecule has 2 N–H and O–H groups in total. The first-order valence-corrected chi connectivity index (χ1v) is 12.5. The molecule has 36 heavy (non-hydrogen) atoms. The lowest BCUT2D eigenvalue weighted by Gasteiger charge is -2.32. The monoisotopic (exact) mass is 515 g/mol. The Morgan fingerprint density at radius 1 is 1.19 bits per heavy atom. The van der Waals surface area contributed by atoms with Gasteiger partial charge in [-0.05, 0) is 50.1 Å². The van der Waals surface area contributed by atoms with Crippen LogP contribution >= 0.6 is 11.6 Å². The van der Waals surface area contributed by atoms with E-state index in [1.54, 1.807) is 13.2 Å². The number of fused-ring (bicyclic) bond motifs is 1. The third-order valence-electron chi connectivity index (χ3n) is 6.23. The van der Waals surface area contributed by atoms with Crippen molar-refractivity contribution in [3.63, 3.8) is 0 Å². The molecule has 1 fully saturated rings. The van der Waals surface area contributed by atoms with Crippen molar-refractivity contribution >= 4 is 39.9 Å². The fraction of sp³-hybridized carbons (Fsp3) is 0.423. The van der Waals surface area contributed by atoms with Gasteiger partial charge in [-0.2, -0.15) is 0 Å². The molecule has 2 aromatic carbocycles. The molecule has 0 bridgehead atoms. The average molecular weight is 516 g/mol. The summed E-state index contributed by atoms with van der Waals surface area (Å²) in [6.07, 6.45) is 4.76. The molecule has 0 aliphatic carbocycles. The lowest BCUT2D eigenvalue weighted by atomic mass is 10.1. The van der Waals surface area contributed by atoms with Crippen molar-refractivity contribution in [2.24, 2.45) is 0 Å². The minimum Gasteiger partial charge on any atom is -0.493 e. The van der Waals surface area contributed by atoms with E-state index in [9.17, 15) is 9.18 Å². The summed E-state index contributed by atoms with van der Waals surface area (Å²) in [5, 5.41) is 6.89. The third-order valence-corrected chi connectivity index (χ3v) is 6.52. The highest BCUT2D eigenvalue weighted by Gasteiger charge is 2.22. The zero-order valence-electron chi connectivity index (χ0n) is 20.5. The number of carbonyl (C=O) groups excluding carboxylic acids is 1. The van der Waals surface area contributed by atoms with Crippen LogP contribution in [0.4, 0.5) is 15.9 Å². The second-order valence-electron chi connectivity index (χ2n) is 8.71. The van der Waals surface area contributed by atoms with Gasteiger partial charge in [-0.1, -0.05) is 18.5 Å². The summed E-state index contributed by atoms with van der Waals surface area (Å²) in [7, 11) is 1.61. The zero-order valence-corrected chi connectivity index (χ0v) is 21.3. The molecule has 10 heteroatoms. The molecule has 3 aromatic rings. The maximum Gasteiger partial charge on any atom is 0.219 e. The first-order chi connectivity index (χ1) is 17.5. The molecule has 0 unspecified atom stereocenters. The molecule has 0 spiro atoms. The summed E-state index contributed by atoms with van der Waals surface area (Å²) in [4.78, 5) is 22.5. The SMILES string of the molecule is CCC(=O)NCCCN1CCC(Oc2cc3c(Nc4ccc(F)c(Cl)c4)ncnc3cc2OC)CC1. The molecule has 4 rings (SSSR count). The van der Waals surface area contributed by atoms with Crippen LogP contribution in [-0.2, 0) is 4.79 Å². The van der Waals surface area contributed by atoms with Crippen LogP contribution in [0, 0.1) is 5.82 Å². The lowest BCUT2D eigenvalue weighted by Crippen LogP contribution is -2.39. The predicted molar refractivity (Wildman–Crippen MR) is 139 cm³/mol. The summed E-state index contributed by atoms with van der Waals surface area (Å²) >= 11 is 5.93. The van der Waals surface area contributed by atoms with Crippen molar-refractivity contribution in [2.75, 3.05) is 38.6 Å². The Balaban J connectivity index is 1.42. The number of piperidine rings is 1. The minimum atomic E-state index is -0.482. The standard InChI is InChI=1S/C26H31ClFN5O3/c1-3-25(34)29-9-4-10-33-11-7-18(8-12-33)36-24-14-19-22(15-23(24)35-2)30-16-31-26(19)32-17-5-6-21(28)20(27)13-17/h5-6,13-16,18H,3-4,7-12H2,1-2H3,(H,29,34)(H,30,31,32). The van der Waals surface area contributed by atoms with Gasteiger partial charge in [-0.15, -0.1) is 0 Å². The van der Waals surface area contributed by atoms with Gasteiger partial charge in [0.1, 0.15) is 24.1 Å². The van der Waals surface area contributed by atoms with Crippen molar-refractivity contribution in [2.45, 2.75) is 38.7 Å². The first-order valence-electron chi connectivity index (χ1n) is 12.2. The molecule has 0 saturated carbocycles. The van der Waals surface area contributed by atoms with Gasteiger partial charge >= 0.3 is 0 Å². The van der Waals surface area contributed by atoms with Crippen molar-refractivity contribution < 1.29 is 18.7 Å². The van der Waals surface area contributed by atoms with Crippen LogP contribution < -0.4 is 20.1 Å². The van der Waals surface area contributed by atoms with Crippen LogP contribution in [0.5, 0.6) is 11.5 Å². The van der Waals surface area contributed by atoms with Gasteiger partial charge in [0.05, 0.1) is 17.6 Å². The van der Waals surface area contributed by atoms with Crippen molar-refractivity contribution in [3.8, 4) is 11.5 Å². The lowest BCUT2D eigenvalue weighted by molar-refractivity contribution is -0.120. The van der Waals surface area contributed by atoms with E-state index in [4.69, 9.17) is 21.1 Å². The topological polar surface area (TPSA) is 88.6 Å². The highest BCUT2D eigenvalue weighted by atomic mass is 35.5. The molecular formula is C26H31ClFN5O3. The van der Waals surface area contributed by atoms with E-state index in [2.05, 4.69) is 25.5 Å². The Kier molecular flexibility index (Phi) is 8.77. The Morgan fingerprint density at radius 3 is 2.72 bits per heavy atom. The van der Waals surface area contributed by atoms with E-state index >= 15 is 0 Å². The fourth-order valence-electron chi connectivity index (χ4n) is 4.21. The highest BCUT2D eigenvalue weighted by molar-refractivity contribution is 6.31. The molecule has 1 aromatic heterocycles. The maximum absolute atomic E-state index is 13.6. The van der Waals surface area contributed by atoms with E-state index in [-0.39, 0.29) is 17.0 Å². The van der Waals surface area contributed by atoms with E-state index in [1.807, 2.05) is 19.1 Å². The van der Waals surface area contributed by atoms with Gasteiger partial charge in [0.2, 0.25) is 5.91 Å². The molecule has 1 saturated heterocycles. The predicted octanol–water partition coefficient (Wildman–Crippen LogP) is 4.93. The van der Waals surface area contributed by atoms with Gasteiger partial charge in [0.15, 0.2) is 11.5 Å². The molecule has 0 atom stereocenters. The second-order valence-corrected chi connectivity index (χ2v) is 9.12. The number of benzene rings is 2. The third kappa shape index (κ3) is 6.53. The van der Waals surface area contributed by atoms with Crippen LogP contribution in [0.1, 0.15) is 32.6 Å². The van der Waals surface area contributed by atoms with E-state index in [0.717, 1.165) is 44.3 Å². The number of halogens is 2. The average Bonchev–Trinajstić information content (AvgIpc) is 2.89. The number of amides is 1. The fourth-order valence-corrected chi connectivity index (χ4v) is 4.39. The van der Waals surface area contributed by atoms with Gasteiger partial charge in [0, 0.05) is 43.2 Å². The molecule has 0 radical (unpaired) electrons. The Bertz CT molecular complexity index is 1200. The van der Waals surface area contributed by atoms with E-state index < -0.39 is 5.82 Å². The van der Waals surface area contributed by atoms with Gasteiger partial charge in [0.25, 0.3) is 0 Å². The largest absolute Gasteiger partial charge is 0.493 e. The minimum absolute atomic E-state index is 0.0288. The first kappa shape index (κ1) is 25.9. The number of rotatable bonds is 10. The van der Waals surface area contributed by atoms with E-state index in [0.29, 0.717) is 41.5 Å². The van der Waals surface area contributed by atoms with Crippen LogP contribution in [0.2, 0.25) is 5.02 Å². The van der Waals surface area contributed by atoms with Gasteiger partial charge in [-0.25, -0.2) is 14.4 Å². The number of carbonyl (C=O) groups is 1. The number of anilines is 2. The smallest absolute Gasteiger partial charge is 0.219 e. The van der Waals surface area contributed by atoms with Crippen LogP contribution in [0.25, 0.3) is 10.9 Å². The summed E-state index contributed by atoms with van der Waals surface area (Å²) < 4.78 is 25.5. The molecule has 1 amide bonds. The van der Waals surface area contributed by atoms with Gasteiger partial charge in [-0.3, -0.25) is 4.79 Å². The van der Waals surface area contributed by atoms with E-state index in [1.165, 1.54) is 18.5 Å². The number of nitrogens with zero attached hydrogens (tertiary/aromatic N) is 3. The second kappa shape index (κ2) is 12.2. The van der Waals surface area contributed by atoms with Gasteiger partial charge < -0.3 is 25.0 Å². The van der Waals surface area contributed by atoms with Crippen molar-refractivity contribution in [1.29, 1.82) is 0 Å². The van der Waals surface area contributed by atoms with Crippen molar-refractivity contribution in [1.82, 2.24) is 20.2 Å². The number of hydrogen-bond donors (Lipinski definition) is 2. The Hall–Kier alpha value is -3.17. The molecule has 1 aliphatic rings. The molecule has 8 nitrogen and oxygen atoms in total. The Morgan fingerprint density at radius 2 is 2.00 bits per heavy atom. The van der Waals surface area contributed by atoms with Crippen molar-refractivity contribution in [3.05, 3.63) is 47.5 Å². The summed E-state index contributed by atoms with van der Waals surface area (Å²) in [5.41, 5.74) is 1.30. The number of hydrogen-bond acceptors (Lipinski definition) is 7. The van der Waals surface area contributed by atoms with Crippen LogP contribution in [-0.4, -0.2) is 60.2 Å². The summed E-state index contributed by atoms with van der Waals surface area (Å²) in [5.74, 6) is 1.40. The molecule has 2 heterocycles. The maximum atomic E-state index is 13.6. The summed E-state index contributed by atoms with van der Waals surface area (Å²) in [6, 6.07) is 8.12. The quantitative estimate of drug-likeness (QED) is 0.370. The zero-order chi connectivity index (χ0) is 25.5. The molecular weight excluding hydrogens is 485 g/mol. The Labute approximate surface area is 215 Å². The highest BCUT2D eigenvalue weighted by Crippen LogP contribution is 2.36. The number of methoxy groups -OCH3 is 1. The number of ether oxygens (including phenoxy) is 2. The van der Waals surface area contributed by atoms with Crippen LogP contribution in [0.3, 0.4) is 0 Å². The normalized spacial score (nSPS) is 14.6. The number of nitrogens with one attached hydrogen (secondary N) is 2. The molecule has 192 valence electrons. The van der Waals surface area contributed by atoms with Crippen LogP contribution in [0.15, 0.2) is 36.7 Å². The summed E-state index contributed by atoms with van der Waals surface area (Å²) in [6.45, 7) is 5.39. The number of likely N-dealkylation sites (tertiary alicyclic amines) is 1.